The highest BCUT2D eigenvalue weighted by molar-refractivity contribution is 5.93. The number of benzene rings is 1. The van der Waals surface area contributed by atoms with Crippen molar-refractivity contribution in [2.75, 3.05) is 32.8 Å². The van der Waals surface area contributed by atoms with E-state index in [1.165, 1.54) is 5.56 Å². The zero-order valence-corrected chi connectivity index (χ0v) is 15.7. The van der Waals surface area contributed by atoms with Gasteiger partial charge in [0, 0.05) is 37.3 Å². The summed E-state index contributed by atoms with van der Waals surface area (Å²) in [6.45, 7) is 10.3. The van der Waals surface area contributed by atoms with Crippen molar-refractivity contribution in [2.45, 2.75) is 26.8 Å². The maximum absolute atomic E-state index is 12.5. The molecule has 3 rings (SSSR count). The Kier molecular flexibility index (Phi) is 6.06. The number of nitrogens with one attached hydrogen (secondary N) is 1. The van der Waals surface area contributed by atoms with Crippen molar-refractivity contribution >= 4 is 5.91 Å². The summed E-state index contributed by atoms with van der Waals surface area (Å²) >= 11 is 0. The highest BCUT2D eigenvalue weighted by atomic mass is 16.5. The van der Waals surface area contributed by atoms with E-state index in [0.29, 0.717) is 23.9 Å². The Morgan fingerprint density at radius 2 is 1.92 bits per heavy atom. The molecule has 1 atom stereocenters. The van der Waals surface area contributed by atoms with Crippen molar-refractivity contribution in [3.63, 3.8) is 0 Å². The van der Waals surface area contributed by atoms with E-state index >= 15 is 0 Å². The molecule has 2 heterocycles. The van der Waals surface area contributed by atoms with Gasteiger partial charge >= 0.3 is 0 Å². The van der Waals surface area contributed by atoms with Crippen molar-refractivity contribution in [2.24, 2.45) is 5.92 Å². The first kappa shape index (κ1) is 18.6. The molecule has 2 aromatic rings. The summed E-state index contributed by atoms with van der Waals surface area (Å²) in [5, 5.41) is 6.94. The van der Waals surface area contributed by atoms with Crippen molar-refractivity contribution in [3.05, 3.63) is 41.6 Å². The molecule has 0 unspecified atom stereocenters. The SMILES string of the molecule is Cc1ccc(-c2cc(C(=O)NC[C@@H](C(C)C)N3CCOCC3)no2)cc1. The molecule has 0 radical (unpaired) electrons. The van der Waals surface area contributed by atoms with Crippen LogP contribution in [0.4, 0.5) is 0 Å². The second-order valence-corrected chi connectivity index (χ2v) is 7.11. The molecule has 0 aliphatic carbocycles. The molecule has 0 spiro atoms. The largest absolute Gasteiger partial charge is 0.379 e. The van der Waals surface area contributed by atoms with Gasteiger partial charge in [-0.15, -0.1) is 0 Å². The molecule has 26 heavy (non-hydrogen) atoms. The Morgan fingerprint density at radius 3 is 2.58 bits per heavy atom. The van der Waals surface area contributed by atoms with Crippen molar-refractivity contribution < 1.29 is 14.1 Å². The average Bonchev–Trinajstić information content (AvgIpc) is 3.13. The molecule has 1 N–H and O–H groups in total. The van der Waals surface area contributed by atoms with Crippen molar-refractivity contribution in [3.8, 4) is 11.3 Å². The Labute approximate surface area is 154 Å². The van der Waals surface area contributed by atoms with Gasteiger partial charge in [0.05, 0.1) is 13.2 Å². The van der Waals surface area contributed by atoms with Gasteiger partial charge < -0.3 is 14.6 Å². The number of nitrogens with zero attached hydrogens (tertiary/aromatic N) is 2. The summed E-state index contributed by atoms with van der Waals surface area (Å²) in [4.78, 5) is 14.9. The standard InChI is InChI=1S/C20H27N3O3/c1-14(2)18(23-8-10-25-11-9-23)13-21-20(24)17-12-19(26-22-17)16-6-4-15(3)5-7-16/h4-7,12,14,18H,8-11,13H2,1-3H3,(H,21,24)/t18-/m0/s1. The van der Waals surface area contributed by atoms with Gasteiger partial charge in [-0.2, -0.15) is 0 Å². The first-order valence-electron chi connectivity index (χ1n) is 9.18. The second-order valence-electron chi connectivity index (χ2n) is 7.11. The minimum atomic E-state index is -0.203. The van der Waals surface area contributed by atoms with E-state index in [0.717, 1.165) is 31.9 Å². The maximum atomic E-state index is 12.5. The highest BCUT2D eigenvalue weighted by Gasteiger charge is 2.25. The highest BCUT2D eigenvalue weighted by Crippen LogP contribution is 2.21. The number of morpholine rings is 1. The topological polar surface area (TPSA) is 67.6 Å². The van der Waals surface area contributed by atoms with E-state index in [1.807, 2.05) is 31.2 Å². The summed E-state index contributed by atoms with van der Waals surface area (Å²) in [5.74, 6) is 0.837. The number of aryl methyl sites for hydroxylation is 1. The lowest BCUT2D eigenvalue weighted by Gasteiger charge is -2.36. The monoisotopic (exact) mass is 357 g/mol. The fraction of sp³-hybridized carbons (Fsp3) is 0.500. The van der Waals surface area contributed by atoms with Gasteiger partial charge in [0.25, 0.3) is 5.91 Å². The number of hydrogen-bond acceptors (Lipinski definition) is 5. The van der Waals surface area contributed by atoms with Crippen LogP contribution in [0.15, 0.2) is 34.9 Å². The normalized spacial score (nSPS) is 16.6. The number of ether oxygens (including phenoxy) is 1. The molecule has 1 aromatic heterocycles. The third kappa shape index (κ3) is 4.51. The zero-order chi connectivity index (χ0) is 18.5. The second kappa shape index (κ2) is 8.47. The Bertz CT molecular complexity index is 718. The Balaban J connectivity index is 1.61. The van der Waals surface area contributed by atoms with Crippen LogP contribution in [0.5, 0.6) is 0 Å². The molecule has 6 heteroatoms. The molecular weight excluding hydrogens is 330 g/mol. The van der Waals surface area contributed by atoms with E-state index in [2.05, 4.69) is 29.2 Å². The molecule has 0 saturated carbocycles. The van der Waals surface area contributed by atoms with Gasteiger partial charge in [-0.05, 0) is 12.8 Å². The summed E-state index contributed by atoms with van der Waals surface area (Å²) in [6, 6.07) is 9.92. The minimum Gasteiger partial charge on any atom is -0.379 e. The van der Waals surface area contributed by atoms with Gasteiger partial charge in [-0.1, -0.05) is 48.8 Å². The third-order valence-corrected chi connectivity index (χ3v) is 4.83. The molecule has 0 bridgehead atoms. The molecule has 1 fully saturated rings. The number of carbonyl (C=O) groups excluding carboxylic acids is 1. The third-order valence-electron chi connectivity index (χ3n) is 4.83. The fourth-order valence-electron chi connectivity index (χ4n) is 3.22. The molecule has 1 aromatic carbocycles. The van der Waals surface area contributed by atoms with Crippen molar-refractivity contribution in [1.82, 2.24) is 15.4 Å². The van der Waals surface area contributed by atoms with Gasteiger partial charge in [-0.25, -0.2) is 0 Å². The number of carbonyl (C=O) groups is 1. The minimum absolute atomic E-state index is 0.203. The number of rotatable bonds is 6. The van der Waals surface area contributed by atoms with Gasteiger partial charge in [0.15, 0.2) is 11.5 Å². The predicted molar refractivity (Wildman–Crippen MR) is 100 cm³/mol. The lowest BCUT2D eigenvalue weighted by molar-refractivity contribution is 0.00671. The first-order chi connectivity index (χ1) is 12.5. The van der Waals surface area contributed by atoms with Gasteiger partial charge in [0.1, 0.15) is 0 Å². The summed E-state index contributed by atoms with van der Waals surface area (Å²) < 4.78 is 10.8. The van der Waals surface area contributed by atoms with Crippen LogP contribution < -0.4 is 5.32 Å². The van der Waals surface area contributed by atoms with E-state index in [9.17, 15) is 4.79 Å². The van der Waals surface area contributed by atoms with E-state index in [1.54, 1.807) is 6.07 Å². The average molecular weight is 357 g/mol. The van der Waals surface area contributed by atoms with Crippen LogP contribution in [-0.4, -0.2) is 54.9 Å². The maximum Gasteiger partial charge on any atom is 0.273 e. The molecular formula is C20H27N3O3. The van der Waals surface area contributed by atoms with Crippen LogP contribution >= 0.6 is 0 Å². The smallest absolute Gasteiger partial charge is 0.273 e. The van der Waals surface area contributed by atoms with Crippen LogP contribution in [0.25, 0.3) is 11.3 Å². The zero-order valence-electron chi connectivity index (χ0n) is 15.7. The molecule has 6 nitrogen and oxygen atoms in total. The quantitative estimate of drug-likeness (QED) is 0.861. The first-order valence-corrected chi connectivity index (χ1v) is 9.18. The van der Waals surface area contributed by atoms with E-state index in [4.69, 9.17) is 9.26 Å². The lowest BCUT2D eigenvalue weighted by atomic mass is 10.0. The number of aromatic nitrogens is 1. The molecule has 1 aliphatic rings. The molecule has 1 amide bonds. The van der Waals surface area contributed by atoms with Crippen LogP contribution in [0.2, 0.25) is 0 Å². The van der Waals surface area contributed by atoms with E-state index < -0.39 is 0 Å². The number of amides is 1. The summed E-state index contributed by atoms with van der Waals surface area (Å²) in [7, 11) is 0. The van der Waals surface area contributed by atoms with Gasteiger partial charge in [-0.3, -0.25) is 9.69 Å². The van der Waals surface area contributed by atoms with Crippen molar-refractivity contribution in [1.29, 1.82) is 0 Å². The lowest BCUT2D eigenvalue weighted by Crippen LogP contribution is -2.51. The van der Waals surface area contributed by atoms with E-state index in [-0.39, 0.29) is 11.9 Å². The van der Waals surface area contributed by atoms with Crippen LogP contribution in [0.1, 0.15) is 29.9 Å². The number of hydrogen-bond donors (Lipinski definition) is 1. The summed E-state index contributed by atoms with van der Waals surface area (Å²) in [6.07, 6.45) is 0. The molecule has 140 valence electrons. The van der Waals surface area contributed by atoms with Crippen LogP contribution in [-0.2, 0) is 4.74 Å². The van der Waals surface area contributed by atoms with Crippen LogP contribution in [0, 0.1) is 12.8 Å². The van der Waals surface area contributed by atoms with Crippen LogP contribution in [0.3, 0.4) is 0 Å². The Hall–Kier alpha value is -2.18. The summed E-state index contributed by atoms with van der Waals surface area (Å²) in [5.41, 5.74) is 2.40. The molecule has 1 saturated heterocycles. The Morgan fingerprint density at radius 1 is 1.23 bits per heavy atom. The fourth-order valence-corrected chi connectivity index (χ4v) is 3.22. The predicted octanol–water partition coefficient (Wildman–Crippen LogP) is 2.74. The van der Waals surface area contributed by atoms with Gasteiger partial charge in [0.2, 0.25) is 0 Å². The molecule has 1 aliphatic heterocycles.